The van der Waals surface area contributed by atoms with Gasteiger partial charge in [-0.1, -0.05) is 17.7 Å². The van der Waals surface area contributed by atoms with Crippen LogP contribution in [0.2, 0.25) is 5.02 Å². The smallest absolute Gasteiger partial charge is 0.239 e. The maximum absolute atomic E-state index is 12.6. The average Bonchev–Trinajstić information content (AvgIpc) is 2.97. The van der Waals surface area contributed by atoms with E-state index in [2.05, 4.69) is 11.4 Å². The number of rotatable bonds is 3. The normalized spacial score (nSPS) is 22.9. The Morgan fingerprint density at radius 2 is 2.17 bits per heavy atom. The van der Waals surface area contributed by atoms with E-state index in [0.29, 0.717) is 49.7 Å². The minimum absolute atomic E-state index is 0.255. The molecule has 0 bridgehead atoms. The first kappa shape index (κ1) is 16.7. The van der Waals surface area contributed by atoms with Crippen molar-refractivity contribution in [1.29, 1.82) is 5.26 Å². The zero-order valence-electron chi connectivity index (χ0n) is 13.1. The monoisotopic (exact) mass is 347 g/mol. The highest BCUT2D eigenvalue weighted by molar-refractivity contribution is 6.31. The lowest BCUT2D eigenvalue weighted by Gasteiger charge is -2.32. The molecule has 1 aromatic carbocycles. The van der Waals surface area contributed by atoms with E-state index >= 15 is 0 Å². The van der Waals surface area contributed by atoms with Crippen molar-refractivity contribution >= 4 is 29.1 Å². The number of anilines is 1. The van der Waals surface area contributed by atoms with Crippen LogP contribution in [0.1, 0.15) is 19.3 Å². The molecule has 2 fully saturated rings. The maximum Gasteiger partial charge on any atom is 0.239 e. The molecule has 2 amide bonds. The fourth-order valence-electron chi connectivity index (χ4n) is 3.13. The van der Waals surface area contributed by atoms with Crippen LogP contribution in [0.4, 0.5) is 5.69 Å². The highest BCUT2D eigenvalue weighted by atomic mass is 35.5. The summed E-state index contributed by atoms with van der Waals surface area (Å²) in [4.78, 5) is 26.7. The number of benzene rings is 1. The Morgan fingerprint density at radius 3 is 2.83 bits per heavy atom. The van der Waals surface area contributed by atoms with Crippen molar-refractivity contribution < 1.29 is 14.3 Å². The molecule has 2 saturated heterocycles. The summed E-state index contributed by atoms with van der Waals surface area (Å²) >= 11 is 5.97. The Morgan fingerprint density at radius 1 is 1.42 bits per heavy atom. The number of carbonyl (C=O) groups excluding carboxylic acids is 2. The molecule has 24 heavy (non-hydrogen) atoms. The number of halogens is 1. The number of carbonyl (C=O) groups is 2. The Hall–Kier alpha value is -2.10. The number of hydrogen-bond acceptors (Lipinski definition) is 4. The molecule has 0 saturated carbocycles. The van der Waals surface area contributed by atoms with Crippen molar-refractivity contribution in [2.24, 2.45) is 5.92 Å². The summed E-state index contributed by atoms with van der Waals surface area (Å²) in [6.07, 6.45) is 1.30. The van der Waals surface area contributed by atoms with Gasteiger partial charge in [-0.05, 0) is 24.6 Å². The van der Waals surface area contributed by atoms with E-state index in [1.807, 2.05) is 0 Å². The van der Waals surface area contributed by atoms with Crippen molar-refractivity contribution in [1.82, 2.24) is 5.32 Å². The second-order valence-electron chi connectivity index (χ2n) is 6.11. The predicted octanol–water partition coefficient (Wildman–Crippen LogP) is 1.88. The van der Waals surface area contributed by atoms with E-state index in [4.69, 9.17) is 16.3 Å². The Balaban J connectivity index is 1.71. The molecule has 1 atom stereocenters. The van der Waals surface area contributed by atoms with Gasteiger partial charge in [0.1, 0.15) is 11.5 Å². The summed E-state index contributed by atoms with van der Waals surface area (Å²) in [5.41, 5.74) is -0.247. The van der Waals surface area contributed by atoms with Crippen molar-refractivity contribution in [3.63, 3.8) is 0 Å². The Bertz CT molecular complexity index is 695. The SMILES string of the molecule is N#CC1(NC(=O)[C@@H]2CCN(c3cccc(Cl)c3)C2=O)CCOCC1. The molecule has 0 aromatic heterocycles. The third kappa shape index (κ3) is 3.23. The summed E-state index contributed by atoms with van der Waals surface area (Å²) < 4.78 is 5.25. The van der Waals surface area contributed by atoms with Gasteiger partial charge in [-0.2, -0.15) is 5.26 Å². The maximum atomic E-state index is 12.6. The number of ether oxygens (including phenoxy) is 1. The van der Waals surface area contributed by atoms with Gasteiger partial charge < -0.3 is 15.0 Å². The van der Waals surface area contributed by atoms with Crippen molar-refractivity contribution in [2.75, 3.05) is 24.7 Å². The Kier molecular flexibility index (Phi) is 4.74. The summed E-state index contributed by atoms with van der Waals surface area (Å²) in [5.74, 6) is -1.40. The van der Waals surface area contributed by atoms with Crippen LogP contribution in [0, 0.1) is 17.2 Å². The largest absolute Gasteiger partial charge is 0.381 e. The fourth-order valence-corrected chi connectivity index (χ4v) is 3.32. The molecule has 7 heteroatoms. The average molecular weight is 348 g/mol. The van der Waals surface area contributed by atoms with E-state index in [1.54, 1.807) is 29.2 Å². The van der Waals surface area contributed by atoms with Crippen LogP contribution < -0.4 is 10.2 Å². The molecule has 0 unspecified atom stereocenters. The lowest BCUT2D eigenvalue weighted by Crippen LogP contribution is -2.53. The molecule has 6 nitrogen and oxygen atoms in total. The quantitative estimate of drug-likeness (QED) is 0.846. The van der Waals surface area contributed by atoms with Gasteiger partial charge in [-0.3, -0.25) is 9.59 Å². The van der Waals surface area contributed by atoms with Crippen LogP contribution in [0.5, 0.6) is 0 Å². The van der Waals surface area contributed by atoms with Gasteiger partial charge in [0.2, 0.25) is 11.8 Å². The van der Waals surface area contributed by atoms with Gasteiger partial charge in [-0.25, -0.2) is 0 Å². The minimum Gasteiger partial charge on any atom is -0.381 e. The van der Waals surface area contributed by atoms with Crippen molar-refractivity contribution in [2.45, 2.75) is 24.8 Å². The molecule has 3 rings (SSSR count). The number of amides is 2. The van der Waals surface area contributed by atoms with E-state index in [0.717, 1.165) is 0 Å². The van der Waals surface area contributed by atoms with E-state index in [9.17, 15) is 14.9 Å². The number of nitrogens with zero attached hydrogens (tertiary/aromatic N) is 2. The van der Waals surface area contributed by atoms with Crippen LogP contribution in [0.25, 0.3) is 0 Å². The van der Waals surface area contributed by atoms with Gasteiger partial charge in [0.25, 0.3) is 0 Å². The van der Waals surface area contributed by atoms with Crippen LogP contribution >= 0.6 is 11.6 Å². The first-order chi connectivity index (χ1) is 11.5. The van der Waals surface area contributed by atoms with Crippen LogP contribution in [0.3, 0.4) is 0 Å². The molecule has 1 aromatic rings. The van der Waals surface area contributed by atoms with Crippen LogP contribution in [-0.2, 0) is 14.3 Å². The molecule has 0 aliphatic carbocycles. The van der Waals surface area contributed by atoms with Crippen molar-refractivity contribution in [3.05, 3.63) is 29.3 Å². The van der Waals surface area contributed by atoms with Gasteiger partial charge in [0.15, 0.2) is 0 Å². The second-order valence-corrected chi connectivity index (χ2v) is 6.54. The van der Waals surface area contributed by atoms with Gasteiger partial charge in [0, 0.05) is 43.3 Å². The molecule has 1 N–H and O–H groups in total. The molecular weight excluding hydrogens is 330 g/mol. The van der Waals surface area contributed by atoms with E-state index in [1.165, 1.54) is 0 Å². The van der Waals surface area contributed by atoms with Crippen molar-refractivity contribution in [3.8, 4) is 6.07 Å². The topological polar surface area (TPSA) is 82.4 Å². The first-order valence-corrected chi connectivity index (χ1v) is 8.30. The van der Waals surface area contributed by atoms with Crippen LogP contribution in [-0.4, -0.2) is 37.1 Å². The highest BCUT2D eigenvalue weighted by Gasteiger charge is 2.42. The fraction of sp³-hybridized carbons (Fsp3) is 0.471. The first-order valence-electron chi connectivity index (χ1n) is 7.93. The molecule has 126 valence electrons. The number of nitriles is 1. The predicted molar refractivity (Wildman–Crippen MR) is 88.5 cm³/mol. The molecule has 2 aliphatic rings. The third-order valence-corrected chi connectivity index (χ3v) is 4.80. The summed E-state index contributed by atoms with van der Waals surface area (Å²) in [6.45, 7) is 1.32. The molecule has 2 heterocycles. The zero-order chi connectivity index (χ0) is 17.2. The minimum atomic E-state index is -0.931. The molecule has 0 spiro atoms. The van der Waals surface area contributed by atoms with Crippen LogP contribution in [0.15, 0.2) is 24.3 Å². The Labute approximate surface area is 145 Å². The van der Waals surface area contributed by atoms with Gasteiger partial charge in [-0.15, -0.1) is 0 Å². The highest BCUT2D eigenvalue weighted by Crippen LogP contribution is 2.28. The van der Waals surface area contributed by atoms with Gasteiger partial charge in [0.05, 0.1) is 6.07 Å². The van der Waals surface area contributed by atoms with E-state index < -0.39 is 11.5 Å². The zero-order valence-corrected chi connectivity index (χ0v) is 13.9. The lowest BCUT2D eigenvalue weighted by molar-refractivity contribution is -0.133. The summed E-state index contributed by atoms with van der Waals surface area (Å²) in [7, 11) is 0. The second kappa shape index (κ2) is 6.80. The standard InChI is InChI=1S/C17H18ClN3O3/c18-12-2-1-3-13(10-12)21-7-4-14(16(21)23)15(22)20-17(11-19)5-8-24-9-6-17/h1-3,10,14H,4-9H2,(H,20,22)/t14-/m0/s1. The lowest BCUT2D eigenvalue weighted by atomic mass is 9.90. The number of hydrogen-bond donors (Lipinski definition) is 1. The van der Waals surface area contributed by atoms with Gasteiger partial charge >= 0.3 is 0 Å². The number of nitrogens with one attached hydrogen (secondary N) is 1. The molecule has 2 aliphatic heterocycles. The summed E-state index contributed by atoms with van der Waals surface area (Å²) in [5, 5.41) is 12.8. The summed E-state index contributed by atoms with van der Waals surface area (Å²) in [6, 6.07) is 9.18. The molecule has 0 radical (unpaired) electrons. The third-order valence-electron chi connectivity index (χ3n) is 4.56. The van der Waals surface area contributed by atoms with E-state index in [-0.39, 0.29) is 11.8 Å². The molecular formula is C17H18ClN3O3.